The summed E-state index contributed by atoms with van der Waals surface area (Å²) >= 11 is 1.82. The van der Waals surface area contributed by atoms with E-state index in [1.165, 1.54) is 9.71 Å². The van der Waals surface area contributed by atoms with E-state index in [-0.39, 0.29) is 11.9 Å². The second-order valence-corrected chi connectivity index (χ2v) is 10.3. The second-order valence-electron chi connectivity index (χ2n) is 9.22. The summed E-state index contributed by atoms with van der Waals surface area (Å²) in [6.45, 7) is 4.42. The number of hydrogen-bond acceptors (Lipinski definition) is 6. The molecule has 2 fully saturated rings. The first-order valence-corrected chi connectivity index (χ1v) is 12.8. The number of thiazole rings is 1. The van der Waals surface area contributed by atoms with Crippen LogP contribution >= 0.6 is 11.3 Å². The van der Waals surface area contributed by atoms with Gasteiger partial charge in [-0.15, -0.1) is 11.3 Å². The minimum Gasteiger partial charge on any atom is -0.486 e. The molecule has 3 aromatic rings. The van der Waals surface area contributed by atoms with Crippen molar-refractivity contribution in [2.45, 2.75) is 37.6 Å². The normalized spacial score (nSPS) is 21.6. The Labute approximate surface area is 198 Å². The molecule has 2 saturated heterocycles. The topological polar surface area (TPSA) is 54.9 Å². The zero-order valence-electron chi connectivity index (χ0n) is 18.7. The van der Waals surface area contributed by atoms with E-state index in [0.29, 0.717) is 25.7 Å². The van der Waals surface area contributed by atoms with Crippen LogP contribution in [0, 0.1) is 0 Å². The highest BCUT2D eigenvalue weighted by atomic mass is 32.1. The van der Waals surface area contributed by atoms with Gasteiger partial charge in [0.25, 0.3) is 0 Å². The van der Waals surface area contributed by atoms with Crippen LogP contribution in [0.4, 0.5) is 0 Å². The van der Waals surface area contributed by atoms with Crippen molar-refractivity contribution < 1.29 is 14.3 Å². The first-order valence-electron chi connectivity index (χ1n) is 12.0. The number of carbonyl (C=O) groups excluding carboxylic acids is 1. The molecule has 0 spiro atoms. The van der Waals surface area contributed by atoms with Crippen LogP contribution in [0.1, 0.15) is 48.2 Å². The highest BCUT2D eigenvalue weighted by Crippen LogP contribution is 2.38. The summed E-state index contributed by atoms with van der Waals surface area (Å²) < 4.78 is 12.7. The molecule has 0 unspecified atom stereocenters. The number of carbonyl (C=O) groups is 1. The Morgan fingerprint density at radius 3 is 2.67 bits per heavy atom. The van der Waals surface area contributed by atoms with Crippen LogP contribution in [-0.4, -0.2) is 60.1 Å². The fourth-order valence-electron chi connectivity index (χ4n) is 5.36. The van der Waals surface area contributed by atoms with Crippen molar-refractivity contribution in [1.29, 1.82) is 0 Å². The minimum absolute atomic E-state index is 0.133. The molecule has 3 aliphatic rings. The minimum atomic E-state index is 0.133. The maximum atomic E-state index is 13.3. The van der Waals surface area contributed by atoms with E-state index in [4.69, 9.17) is 14.5 Å². The molecule has 0 N–H and O–H groups in total. The predicted molar refractivity (Wildman–Crippen MR) is 129 cm³/mol. The van der Waals surface area contributed by atoms with Gasteiger partial charge in [-0.25, -0.2) is 4.98 Å². The number of nitrogens with zero attached hydrogens (tertiary/aromatic N) is 3. The lowest BCUT2D eigenvalue weighted by molar-refractivity contribution is -0.133. The maximum absolute atomic E-state index is 13.3. The van der Waals surface area contributed by atoms with Crippen LogP contribution in [-0.2, 0) is 4.79 Å². The van der Waals surface area contributed by atoms with Crippen molar-refractivity contribution in [2.75, 3.05) is 39.4 Å². The van der Waals surface area contributed by atoms with Gasteiger partial charge in [0, 0.05) is 12.5 Å². The smallest absolute Gasteiger partial charge is 0.237 e. The lowest BCUT2D eigenvalue weighted by Crippen LogP contribution is -2.43. The van der Waals surface area contributed by atoms with E-state index in [2.05, 4.69) is 46.2 Å². The van der Waals surface area contributed by atoms with E-state index >= 15 is 0 Å². The van der Waals surface area contributed by atoms with E-state index in [0.717, 1.165) is 67.9 Å². The van der Waals surface area contributed by atoms with Crippen LogP contribution in [0.15, 0.2) is 42.5 Å². The quantitative estimate of drug-likeness (QED) is 0.566. The standard InChI is InChI=1S/C26H29N3O3S/c30-25(29-11-3-5-21(29)19-7-8-22-23(16-19)32-15-14-31-22)17-28-12-9-18(10-13-28)26-27-20-4-1-2-6-24(20)33-26/h1-2,4,6-8,16,18,21H,3,5,9-15,17H2/t21-/m0/s1. The number of aromatic nitrogens is 1. The van der Waals surface area contributed by atoms with E-state index in [1.807, 2.05) is 17.4 Å². The zero-order valence-corrected chi connectivity index (χ0v) is 19.6. The van der Waals surface area contributed by atoms with Gasteiger partial charge in [0.1, 0.15) is 13.2 Å². The largest absolute Gasteiger partial charge is 0.486 e. The number of amides is 1. The molecule has 2 aromatic carbocycles. The monoisotopic (exact) mass is 463 g/mol. The molecule has 0 bridgehead atoms. The first-order chi connectivity index (χ1) is 16.2. The Morgan fingerprint density at radius 2 is 1.82 bits per heavy atom. The molecule has 0 radical (unpaired) electrons. The summed E-state index contributed by atoms with van der Waals surface area (Å²) in [7, 11) is 0. The molecule has 0 saturated carbocycles. The molecule has 1 aromatic heterocycles. The Kier molecular flexibility index (Phi) is 5.68. The average Bonchev–Trinajstić information content (AvgIpc) is 3.52. The fourth-order valence-corrected chi connectivity index (χ4v) is 6.50. The van der Waals surface area contributed by atoms with Gasteiger partial charge in [0.15, 0.2) is 11.5 Å². The van der Waals surface area contributed by atoms with Gasteiger partial charge in [-0.2, -0.15) is 0 Å². The molecule has 3 aliphatic heterocycles. The maximum Gasteiger partial charge on any atom is 0.237 e. The molecule has 6 nitrogen and oxygen atoms in total. The van der Waals surface area contributed by atoms with E-state index in [9.17, 15) is 4.79 Å². The third-order valence-corrected chi connectivity index (χ3v) is 8.33. The van der Waals surface area contributed by atoms with Crippen molar-refractivity contribution in [3.05, 3.63) is 53.0 Å². The molecular formula is C26H29N3O3S. The van der Waals surface area contributed by atoms with Crippen molar-refractivity contribution >= 4 is 27.5 Å². The van der Waals surface area contributed by atoms with Gasteiger partial charge in [0.2, 0.25) is 5.91 Å². The molecular weight excluding hydrogens is 434 g/mol. The summed E-state index contributed by atoms with van der Waals surface area (Å²) in [6, 6.07) is 14.6. The van der Waals surface area contributed by atoms with E-state index < -0.39 is 0 Å². The molecule has 4 heterocycles. The lowest BCUT2D eigenvalue weighted by Gasteiger charge is -2.33. The van der Waals surface area contributed by atoms with Crippen LogP contribution < -0.4 is 9.47 Å². The number of ether oxygens (including phenoxy) is 2. The van der Waals surface area contributed by atoms with E-state index in [1.54, 1.807) is 0 Å². The molecule has 1 atom stereocenters. The van der Waals surface area contributed by atoms with Crippen LogP contribution in [0.2, 0.25) is 0 Å². The van der Waals surface area contributed by atoms with Gasteiger partial charge >= 0.3 is 0 Å². The number of benzene rings is 2. The molecule has 33 heavy (non-hydrogen) atoms. The summed E-state index contributed by atoms with van der Waals surface area (Å²) in [5, 5.41) is 1.25. The van der Waals surface area contributed by atoms with Crippen LogP contribution in [0.5, 0.6) is 11.5 Å². The summed E-state index contributed by atoms with van der Waals surface area (Å²) in [5.74, 6) is 2.35. The Morgan fingerprint density at radius 1 is 1.00 bits per heavy atom. The summed E-state index contributed by atoms with van der Waals surface area (Å²) in [4.78, 5) is 22.5. The zero-order chi connectivity index (χ0) is 22.2. The van der Waals surface area contributed by atoms with Crippen LogP contribution in [0.3, 0.4) is 0 Å². The van der Waals surface area contributed by atoms with Gasteiger partial charge in [-0.1, -0.05) is 18.2 Å². The molecule has 6 rings (SSSR count). The van der Waals surface area contributed by atoms with Gasteiger partial charge in [0.05, 0.1) is 27.8 Å². The highest BCUT2D eigenvalue weighted by molar-refractivity contribution is 7.18. The third-order valence-electron chi connectivity index (χ3n) is 7.13. The Hall–Kier alpha value is -2.64. The number of rotatable bonds is 4. The van der Waals surface area contributed by atoms with Gasteiger partial charge in [-0.3, -0.25) is 9.69 Å². The number of piperidine rings is 1. The Balaban J connectivity index is 1.08. The second kappa shape index (κ2) is 8.95. The molecule has 172 valence electrons. The van der Waals surface area contributed by atoms with Crippen molar-refractivity contribution in [3.63, 3.8) is 0 Å². The highest BCUT2D eigenvalue weighted by Gasteiger charge is 2.32. The van der Waals surface area contributed by atoms with Crippen LogP contribution in [0.25, 0.3) is 10.2 Å². The summed E-state index contributed by atoms with van der Waals surface area (Å²) in [6.07, 6.45) is 4.19. The van der Waals surface area contributed by atoms with Gasteiger partial charge < -0.3 is 14.4 Å². The Bertz CT molecular complexity index is 1120. The lowest BCUT2D eigenvalue weighted by atomic mass is 9.97. The first kappa shape index (κ1) is 20.9. The molecule has 7 heteroatoms. The number of fused-ring (bicyclic) bond motifs is 2. The van der Waals surface area contributed by atoms with Gasteiger partial charge in [-0.05, 0) is 68.6 Å². The molecule has 0 aliphatic carbocycles. The third kappa shape index (κ3) is 4.20. The SMILES string of the molecule is O=C(CN1CCC(c2nc3ccccc3s2)CC1)N1CCC[C@H]1c1ccc2c(c1)OCCO2. The fraction of sp³-hybridized carbons (Fsp3) is 0.462. The average molecular weight is 464 g/mol. The number of para-hydroxylation sites is 1. The predicted octanol–water partition coefficient (Wildman–Crippen LogP) is 4.61. The molecule has 1 amide bonds. The number of hydrogen-bond donors (Lipinski definition) is 0. The number of likely N-dealkylation sites (tertiary alicyclic amines) is 2. The van der Waals surface area contributed by atoms with Crippen molar-refractivity contribution in [1.82, 2.24) is 14.8 Å². The summed E-state index contributed by atoms with van der Waals surface area (Å²) in [5.41, 5.74) is 2.26. The van der Waals surface area contributed by atoms with Crippen molar-refractivity contribution in [3.8, 4) is 11.5 Å². The van der Waals surface area contributed by atoms with Crippen molar-refractivity contribution in [2.24, 2.45) is 0 Å².